The van der Waals surface area contributed by atoms with E-state index in [0.29, 0.717) is 17.5 Å². The fourth-order valence-electron chi connectivity index (χ4n) is 3.16. The topological polar surface area (TPSA) is 34.1 Å². The molecular weight excluding hydrogens is 248 g/mol. The molecule has 1 atom stereocenters. The summed E-state index contributed by atoms with van der Waals surface area (Å²) in [5, 5.41) is 0. The number of Topliss-reactive ketones (excluding diaryl/α,β-unsaturated/α-hetero) is 2. The summed E-state index contributed by atoms with van der Waals surface area (Å²) in [5.74, 6) is 1.08. The Hall–Kier alpha value is -0.920. The first-order valence-electron chi connectivity index (χ1n) is 7.84. The predicted molar refractivity (Wildman–Crippen MR) is 83.6 cm³/mol. The molecule has 0 saturated heterocycles. The molecule has 0 heterocycles. The van der Waals surface area contributed by atoms with Gasteiger partial charge in [0.05, 0.1) is 0 Å². The molecule has 1 unspecified atom stereocenters. The molecule has 0 aromatic carbocycles. The summed E-state index contributed by atoms with van der Waals surface area (Å²) < 4.78 is 0. The Labute approximate surface area is 124 Å². The van der Waals surface area contributed by atoms with Gasteiger partial charge in [-0.25, -0.2) is 0 Å². The molecule has 2 aliphatic carbocycles. The molecule has 0 amide bonds. The smallest absolute Gasteiger partial charge is 0.163 e. The summed E-state index contributed by atoms with van der Waals surface area (Å²) in [5.41, 5.74) is 0.813. The summed E-state index contributed by atoms with van der Waals surface area (Å²) in [4.78, 5) is 22.8. The average Bonchev–Trinajstić information content (AvgIpc) is 2.34. The third kappa shape index (κ3) is 4.04. The molecule has 1 saturated carbocycles. The predicted octanol–water partition coefficient (Wildman–Crippen LogP) is 4.72. The van der Waals surface area contributed by atoms with Gasteiger partial charge in [-0.1, -0.05) is 47.1 Å². The van der Waals surface area contributed by atoms with Gasteiger partial charge in [-0.2, -0.15) is 0 Å². The van der Waals surface area contributed by atoms with E-state index in [1.54, 1.807) is 0 Å². The van der Waals surface area contributed by atoms with Crippen LogP contribution in [0.25, 0.3) is 0 Å². The maximum absolute atomic E-state index is 11.4. The number of hydrogen-bond acceptors (Lipinski definition) is 2. The minimum atomic E-state index is -0.0984. The SMILES string of the molecule is CC1=CCCC(C)(C)C1=O.CC1CCCC(C)(C)C1=O. The molecule has 2 aliphatic rings. The lowest BCUT2D eigenvalue weighted by atomic mass is 9.72. The van der Waals surface area contributed by atoms with Crippen molar-refractivity contribution in [2.75, 3.05) is 0 Å². The van der Waals surface area contributed by atoms with Crippen LogP contribution in [0.5, 0.6) is 0 Å². The van der Waals surface area contributed by atoms with Gasteiger partial charge in [0.15, 0.2) is 5.78 Å². The molecular formula is C18H30O2. The number of carbonyl (C=O) groups excluding carboxylic acids is 2. The van der Waals surface area contributed by atoms with Crippen molar-refractivity contribution in [1.29, 1.82) is 0 Å². The van der Waals surface area contributed by atoms with Crippen molar-refractivity contribution in [3.05, 3.63) is 11.6 Å². The second-order valence-electron chi connectivity index (χ2n) is 7.68. The monoisotopic (exact) mass is 278 g/mol. The molecule has 0 radical (unpaired) electrons. The van der Waals surface area contributed by atoms with E-state index in [4.69, 9.17) is 0 Å². The normalized spacial score (nSPS) is 28.3. The highest BCUT2D eigenvalue weighted by atomic mass is 16.1. The van der Waals surface area contributed by atoms with E-state index in [0.717, 1.165) is 31.3 Å². The van der Waals surface area contributed by atoms with Gasteiger partial charge in [-0.3, -0.25) is 9.59 Å². The van der Waals surface area contributed by atoms with E-state index in [2.05, 4.69) is 13.8 Å². The van der Waals surface area contributed by atoms with Crippen molar-refractivity contribution in [1.82, 2.24) is 0 Å². The van der Waals surface area contributed by atoms with Crippen LogP contribution in [0.15, 0.2) is 11.6 Å². The van der Waals surface area contributed by atoms with Crippen LogP contribution in [0, 0.1) is 16.7 Å². The summed E-state index contributed by atoms with van der Waals surface area (Å²) >= 11 is 0. The van der Waals surface area contributed by atoms with E-state index < -0.39 is 0 Å². The molecule has 0 aromatic rings. The molecule has 2 rings (SSSR count). The lowest BCUT2D eigenvalue weighted by Gasteiger charge is -2.31. The van der Waals surface area contributed by atoms with Gasteiger partial charge in [0.1, 0.15) is 5.78 Å². The molecule has 0 aliphatic heterocycles. The number of carbonyl (C=O) groups is 2. The molecule has 114 valence electrons. The van der Waals surface area contributed by atoms with Crippen molar-refractivity contribution in [3.63, 3.8) is 0 Å². The van der Waals surface area contributed by atoms with E-state index in [9.17, 15) is 9.59 Å². The number of allylic oxidation sites excluding steroid dienone is 2. The van der Waals surface area contributed by atoms with Crippen LogP contribution < -0.4 is 0 Å². The number of rotatable bonds is 0. The van der Waals surface area contributed by atoms with Crippen molar-refractivity contribution < 1.29 is 9.59 Å². The van der Waals surface area contributed by atoms with Crippen LogP contribution in [0.1, 0.15) is 73.6 Å². The van der Waals surface area contributed by atoms with Crippen LogP contribution in [-0.4, -0.2) is 11.6 Å². The minimum absolute atomic E-state index is 0.0301. The quantitative estimate of drug-likeness (QED) is 0.642. The molecule has 0 bridgehead atoms. The zero-order chi connectivity index (χ0) is 15.6. The van der Waals surface area contributed by atoms with Crippen molar-refractivity contribution in [2.45, 2.75) is 73.6 Å². The highest BCUT2D eigenvalue weighted by molar-refractivity contribution is 5.99. The molecule has 0 spiro atoms. The molecule has 1 fully saturated rings. The van der Waals surface area contributed by atoms with E-state index in [1.165, 1.54) is 6.42 Å². The minimum Gasteiger partial charge on any atom is -0.299 e. The molecule has 2 heteroatoms. The van der Waals surface area contributed by atoms with Gasteiger partial charge in [0, 0.05) is 16.7 Å². The summed E-state index contributed by atoms with van der Waals surface area (Å²) in [7, 11) is 0. The summed E-state index contributed by atoms with van der Waals surface area (Å²) in [6, 6.07) is 0. The van der Waals surface area contributed by atoms with Crippen LogP contribution in [0.4, 0.5) is 0 Å². The zero-order valence-corrected chi connectivity index (χ0v) is 14.0. The first-order valence-corrected chi connectivity index (χ1v) is 7.84. The van der Waals surface area contributed by atoms with Crippen molar-refractivity contribution in [3.8, 4) is 0 Å². The highest BCUT2D eigenvalue weighted by Crippen LogP contribution is 2.34. The highest BCUT2D eigenvalue weighted by Gasteiger charge is 2.34. The average molecular weight is 278 g/mol. The Balaban J connectivity index is 0.000000200. The summed E-state index contributed by atoms with van der Waals surface area (Å²) in [6.07, 6.45) is 7.50. The second kappa shape index (κ2) is 6.24. The number of hydrogen-bond donors (Lipinski definition) is 0. The first kappa shape index (κ1) is 17.1. The Morgan fingerprint density at radius 1 is 1.05 bits per heavy atom. The fraction of sp³-hybridized carbons (Fsp3) is 0.778. The summed E-state index contributed by atoms with van der Waals surface area (Å²) in [6.45, 7) is 12.1. The van der Waals surface area contributed by atoms with Gasteiger partial charge < -0.3 is 0 Å². The van der Waals surface area contributed by atoms with Crippen molar-refractivity contribution in [2.24, 2.45) is 16.7 Å². The van der Waals surface area contributed by atoms with Crippen molar-refractivity contribution >= 4 is 11.6 Å². The van der Waals surface area contributed by atoms with E-state index in [-0.39, 0.29) is 10.8 Å². The first-order chi connectivity index (χ1) is 9.08. The fourth-order valence-corrected chi connectivity index (χ4v) is 3.16. The van der Waals surface area contributed by atoms with Gasteiger partial charge in [0.25, 0.3) is 0 Å². The Morgan fingerprint density at radius 2 is 1.65 bits per heavy atom. The lowest BCUT2D eigenvalue weighted by molar-refractivity contribution is -0.133. The maximum Gasteiger partial charge on any atom is 0.163 e. The Morgan fingerprint density at radius 3 is 2.05 bits per heavy atom. The number of ketones is 2. The zero-order valence-electron chi connectivity index (χ0n) is 14.0. The van der Waals surface area contributed by atoms with E-state index in [1.807, 2.05) is 33.8 Å². The molecule has 0 aromatic heterocycles. The van der Waals surface area contributed by atoms with Crippen LogP contribution >= 0.6 is 0 Å². The van der Waals surface area contributed by atoms with Gasteiger partial charge in [-0.05, 0) is 38.2 Å². The van der Waals surface area contributed by atoms with Gasteiger partial charge in [-0.15, -0.1) is 0 Å². The standard InChI is InChI=1S/C9H16O.C9H14O/c2*1-7-5-4-6-9(2,3)8(7)10/h7H,4-6H2,1-3H3;5H,4,6H2,1-3H3. The Bertz CT molecular complexity index is 413. The Kier molecular flexibility index (Phi) is 5.34. The van der Waals surface area contributed by atoms with Crippen LogP contribution in [-0.2, 0) is 9.59 Å². The second-order valence-corrected chi connectivity index (χ2v) is 7.68. The molecule has 0 N–H and O–H groups in total. The molecule has 2 nitrogen and oxygen atoms in total. The largest absolute Gasteiger partial charge is 0.299 e. The molecule has 20 heavy (non-hydrogen) atoms. The van der Waals surface area contributed by atoms with Crippen LogP contribution in [0.2, 0.25) is 0 Å². The van der Waals surface area contributed by atoms with E-state index >= 15 is 0 Å². The van der Waals surface area contributed by atoms with Gasteiger partial charge in [0.2, 0.25) is 0 Å². The third-order valence-electron chi connectivity index (χ3n) is 4.75. The third-order valence-corrected chi connectivity index (χ3v) is 4.75. The lowest BCUT2D eigenvalue weighted by Crippen LogP contribution is -2.33. The maximum atomic E-state index is 11.4. The van der Waals surface area contributed by atoms with Crippen LogP contribution in [0.3, 0.4) is 0 Å². The van der Waals surface area contributed by atoms with Gasteiger partial charge >= 0.3 is 0 Å².